The summed E-state index contributed by atoms with van der Waals surface area (Å²) in [4.78, 5) is 2.28. The zero-order chi connectivity index (χ0) is 23.5. The van der Waals surface area contributed by atoms with E-state index in [4.69, 9.17) is 4.74 Å². The zero-order valence-electron chi connectivity index (χ0n) is 19.0. The Kier molecular flexibility index (Phi) is 4.25. The molecule has 0 fully saturated rings. The van der Waals surface area contributed by atoms with E-state index >= 15 is 0 Å². The van der Waals surface area contributed by atoms with E-state index < -0.39 is 0 Å². The molecular formula is C31H21N3O. The SMILES string of the molecule is N#Cc1ccc(C#N)c2c1CC1CC2Cc2ccc(N3c4ccccc4Oc4ccccc43)cc21. The van der Waals surface area contributed by atoms with E-state index in [1.54, 1.807) is 0 Å². The van der Waals surface area contributed by atoms with Gasteiger partial charge in [-0.1, -0.05) is 30.3 Å². The Hall–Kier alpha value is -4.54. The molecule has 166 valence electrons. The van der Waals surface area contributed by atoms with E-state index in [0.717, 1.165) is 64.5 Å². The first-order chi connectivity index (χ1) is 17.2. The second-order valence-corrected chi connectivity index (χ2v) is 9.57. The summed E-state index contributed by atoms with van der Waals surface area (Å²) >= 11 is 0. The van der Waals surface area contributed by atoms with E-state index in [9.17, 15) is 10.5 Å². The molecule has 0 radical (unpaired) electrons. The number of ether oxygens (including phenoxy) is 1. The predicted octanol–water partition coefficient (Wildman–Crippen LogP) is 7.38. The van der Waals surface area contributed by atoms with E-state index in [1.165, 1.54) is 11.1 Å². The largest absolute Gasteiger partial charge is 0.453 e. The van der Waals surface area contributed by atoms with Crippen molar-refractivity contribution in [1.82, 2.24) is 0 Å². The van der Waals surface area contributed by atoms with Gasteiger partial charge in [0.2, 0.25) is 0 Å². The van der Waals surface area contributed by atoms with E-state index in [-0.39, 0.29) is 5.92 Å². The first kappa shape index (κ1) is 19.9. The number of nitriles is 2. The van der Waals surface area contributed by atoms with Crippen molar-refractivity contribution in [2.75, 3.05) is 4.90 Å². The average Bonchev–Trinajstić information content (AvgIpc) is 2.91. The molecule has 0 amide bonds. The van der Waals surface area contributed by atoms with E-state index in [0.29, 0.717) is 11.5 Å². The van der Waals surface area contributed by atoms with Crippen LogP contribution in [0.2, 0.25) is 0 Å². The smallest absolute Gasteiger partial charge is 0.151 e. The third-order valence-corrected chi connectivity index (χ3v) is 7.75. The van der Waals surface area contributed by atoms with Crippen LogP contribution in [0.25, 0.3) is 0 Å². The van der Waals surface area contributed by atoms with Gasteiger partial charge in [0.15, 0.2) is 11.5 Å². The van der Waals surface area contributed by atoms with Crippen molar-refractivity contribution in [3.05, 3.63) is 112 Å². The topological polar surface area (TPSA) is 60.0 Å². The fraction of sp³-hybridized carbons (Fsp3) is 0.161. The highest BCUT2D eigenvalue weighted by molar-refractivity contribution is 5.86. The maximum absolute atomic E-state index is 9.76. The summed E-state index contributed by atoms with van der Waals surface area (Å²) in [6.45, 7) is 0. The van der Waals surface area contributed by atoms with Crippen LogP contribution in [0.4, 0.5) is 17.1 Å². The van der Waals surface area contributed by atoms with Crippen molar-refractivity contribution in [1.29, 1.82) is 10.5 Å². The summed E-state index contributed by atoms with van der Waals surface area (Å²) < 4.78 is 6.20. The van der Waals surface area contributed by atoms with Crippen LogP contribution in [0.15, 0.2) is 78.9 Å². The molecule has 4 nitrogen and oxygen atoms in total. The van der Waals surface area contributed by atoms with Crippen LogP contribution in [0, 0.1) is 22.7 Å². The quantitative estimate of drug-likeness (QED) is 0.267. The Morgan fingerprint density at radius 1 is 0.743 bits per heavy atom. The van der Waals surface area contributed by atoms with Crippen LogP contribution in [0.5, 0.6) is 11.5 Å². The summed E-state index contributed by atoms with van der Waals surface area (Å²) in [5.74, 6) is 2.32. The van der Waals surface area contributed by atoms with Crippen LogP contribution in [0.1, 0.15) is 51.6 Å². The number of fused-ring (bicyclic) bond motifs is 8. The Morgan fingerprint density at radius 3 is 2.14 bits per heavy atom. The van der Waals surface area contributed by atoms with Crippen molar-refractivity contribution < 1.29 is 4.74 Å². The Bertz CT molecular complexity index is 1560. The molecule has 2 bridgehead atoms. The minimum Gasteiger partial charge on any atom is -0.453 e. The van der Waals surface area contributed by atoms with Crippen molar-refractivity contribution in [2.24, 2.45) is 0 Å². The van der Waals surface area contributed by atoms with Gasteiger partial charge in [0.05, 0.1) is 34.6 Å². The average molecular weight is 452 g/mol. The van der Waals surface area contributed by atoms with Crippen molar-refractivity contribution in [2.45, 2.75) is 31.1 Å². The van der Waals surface area contributed by atoms with Gasteiger partial charge in [0, 0.05) is 5.69 Å². The van der Waals surface area contributed by atoms with Gasteiger partial charge in [0.25, 0.3) is 0 Å². The summed E-state index contributed by atoms with van der Waals surface area (Å²) in [5, 5.41) is 19.5. The molecule has 0 aromatic heterocycles. The first-order valence-corrected chi connectivity index (χ1v) is 12.0. The van der Waals surface area contributed by atoms with Gasteiger partial charge in [0.1, 0.15) is 0 Å². The van der Waals surface area contributed by atoms with Gasteiger partial charge < -0.3 is 9.64 Å². The van der Waals surface area contributed by atoms with Crippen molar-refractivity contribution in [3.63, 3.8) is 0 Å². The van der Waals surface area contributed by atoms with Crippen LogP contribution < -0.4 is 9.64 Å². The predicted molar refractivity (Wildman–Crippen MR) is 135 cm³/mol. The molecule has 1 heterocycles. The van der Waals surface area contributed by atoms with Crippen LogP contribution in [-0.2, 0) is 12.8 Å². The number of benzene rings is 4. The molecule has 0 saturated carbocycles. The third kappa shape index (κ3) is 2.90. The molecule has 2 atom stereocenters. The van der Waals surface area contributed by atoms with Gasteiger partial charge >= 0.3 is 0 Å². The summed E-state index contributed by atoms with van der Waals surface area (Å²) in [6, 6.07) is 31.5. The lowest BCUT2D eigenvalue weighted by Gasteiger charge is -2.40. The monoisotopic (exact) mass is 451 g/mol. The lowest BCUT2D eigenvalue weighted by Crippen LogP contribution is -2.27. The highest BCUT2D eigenvalue weighted by atomic mass is 16.5. The number of hydrogen-bond acceptors (Lipinski definition) is 4. The van der Waals surface area contributed by atoms with Crippen LogP contribution in [-0.4, -0.2) is 0 Å². The molecule has 35 heavy (non-hydrogen) atoms. The standard InChI is InChI=1S/C31H21N3O/c32-17-20-9-10-21(18-33)31-23-13-19-11-12-24(16-25(19)22(14-23)15-26(20)31)34-27-5-1-3-7-29(27)35-30-8-4-2-6-28(30)34/h1-12,16,22-23H,13-15H2. The van der Waals surface area contributed by atoms with Crippen LogP contribution in [0.3, 0.4) is 0 Å². The fourth-order valence-corrected chi connectivity index (χ4v) is 6.30. The minimum atomic E-state index is 0.287. The number of para-hydroxylation sites is 4. The fourth-order valence-electron chi connectivity index (χ4n) is 6.30. The van der Waals surface area contributed by atoms with Gasteiger partial charge in [-0.05, 0) is 102 Å². The molecule has 0 saturated heterocycles. The number of nitrogens with zero attached hydrogens (tertiary/aromatic N) is 3. The maximum atomic E-state index is 9.76. The maximum Gasteiger partial charge on any atom is 0.151 e. The summed E-state index contributed by atoms with van der Waals surface area (Å²) in [5.41, 5.74) is 9.49. The Morgan fingerprint density at radius 2 is 1.43 bits per heavy atom. The molecule has 1 aliphatic heterocycles. The molecular weight excluding hydrogens is 430 g/mol. The second kappa shape index (κ2) is 7.49. The normalized spacial score (nSPS) is 18.6. The Labute approximate surface area is 204 Å². The molecule has 2 unspecified atom stereocenters. The van der Waals surface area contributed by atoms with Crippen molar-refractivity contribution in [3.8, 4) is 23.6 Å². The minimum absolute atomic E-state index is 0.287. The number of rotatable bonds is 1. The molecule has 0 spiro atoms. The second-order valence-electron chi connectivity index (χ2n) is 9.57. The Balaban J connectivity index is 1.36. The molecule has 4 aromatic rings. The lowest BCUT2D eigenvalue weighted by molar-refractivity contribution is 0.456. The third-order valence-electron chi connectivity index (χ3n) is 7.75. The van der Waals surface area contributed by atoms with Crippen molar-refractivity contribution >= 4 is 17.1 Å². The van der Waals surface area contributed by atoms with Gasteiger partial charge in [-0.15, -0.1) is 0 Å². The highest BCUT2D eigenvalue weighted by Crippen LogP contribution is 2.53. The molecule has 3 aliphatic rings. The number of hydrogen-bond donors (Lipinski definition) is 0. The summed E-state index contributed by atoms with van der Waals surface area (Å²) in [6.07, 6.45) is 2.72. The van der Waals surface area contributed by atoms with Crippen LogP contribution >= 0.6 is 0 Å². The highest BCUT2D eigenvalue weighted by Gasteiger charge is 2.37. The summed E-state index contributed by atoms with van der Waals surface area (Å²) in [7, 11) is 0. The molecule has 7 rings (SSSR count). The molecule has 4 heteroatoms. The molecule has 2 aliphatic carbocycles. The molecule has 4 aromatic carbocycles. The number of anilines is 3. The van der Waals surface area contributed by atoms with Gasteiger partial charge in [-0.2, -0.15) is 10.5 Å². The molecule has 0 N–H and O–H groups in total. The van der Waals surface area contributed by atoms with Gasteiger partial charge in [-0.3, -0.25) is 0 Å². The zero-order valence-corrected chi connectivity index (χ0v) is 19.0. The lowest BCUT2D eigenvalue weighted by atomic mass is 9.65. The van der Waals surface area contributed by atoms with E-state index in [1.807, 2.05) is 48.5 Å². The first-order valence-electron chi connectivity index (χ1n) is 12.0. The van der Waals surface area contributed by atoms with Gasteiger partial charge in [-0.25, -0.2) is 0 Å². The van der Waals surface area contributed by atoms with E-state index in [2.05, 4.69) is 47.4 Å².